The van der Waals surface area contributed by atoms with Crippen molar-refractivity contribution in [1.82, 2.24) is 5.32 Å². The SMILES string of the molecule is CC(=O)Nc1c(Cl)cc(OCC2=NCCN2)cc1Cl. The average molecular weight is 302 g/mol. The molecule has 1 aliphatic rings. The van der Waals surface area contributed by atoms with Crippen molar-refractivity contribution in [3.8, 4) is 5.75 Å². The van der Waals surface area contributed by atoms with E-state index >= 15 is 0 Å². The van der Waals surface area contributed by atoms with Crippen LogP contribution in [0.25, 0.3) is 0 Å². The molecule has 1 heterocycles. The van der Waals surface area contributed by atoms with E-state index < -0.39 is 0 Å². The first-order valence-corrected chi connectivity index (χ1v) is 6.48. The third-order valence-electron chi connectivity index (χ3n) is 2.44. The van der Waals surface area contributed by atoms with Gasteiger partial charge in [0.2, 0.25) is 5.91 Å². The molecule has 2 rings (SSSR count). The van der Waals surface area contributed by atoms with E-state index in [4.69, 9.17) is 27.9 Å². The molecule has 0 bridgehead atoms. The molecule has 19 heavy (non-hydrogen) atoms. The number of carbonyl (C=O) groups excluding carboxylic acids is 1. The summed E-state index contributed by atoms with van der Waals surface area (Å²) in [6, 6.07) is 3.21. The summed E-state index contributed by atoms with van der Waals surface area (Å²) in [6.07, 6.45) is 0. The maximum Gasteiger partial charge on any atom is 0.221 e. The molecule has 7 heteroatoms. The Morgan fingerprint density at radius 3 is 2.68 bits per heavy atom. The molecule has 2 N–H and O–H groups in total. The van der Waals surface area contributed by atoms with Crippen molar-refractivity contribution in [3.05, 3.63) is 22.2 Å². The van der Waals surface area contributed by atoms with Crippen LogP contribution >= 0.6 is 23.2 Å². The quantitative estimate of drug-likeness (QED) is 0.897. The van der Waals surface area contributed by atoms with Gasteiger partial charge in [0.1, 0.15) is 18.2 Å². The van der Waals surface area contributed by atoms with Crippen LogP contribution in [0.3, 0.4) is 0 Å². The highest BCUT2D eigenvalue weighted by molar-refractivity contribution is 6.40. The molecule has 1 aliphatic heterocycles. The number of aliphatic imine (C=N–C) groups is 1. The van der Waals surface area contributed by atoms with Gasteiger partial charge in [-0.1, -0.05) is 23.2 Å². The predicted octanol–water partition coefficient (Wildman–Crippen LogP) is 2.33. The first-order valence-electron chi connectivity index (χ1n) is 5.73. The number of nitrogens with one attached hydrogen (secondary N) is 2. The van der Waals surface area contributed by atoms with Gasteiger partial charge >= 0.3 is 0 Å². The summed E-state index contributed by atoms with van der Waals surface area (Å²) in [6.45, 7) is 3.33. The normalized spacial score (nSPS) is 13.7. The van der Waals surface area contributed by atoms with Crippen LogP contribution in [0.2, 0.25) is 10.0 Å². The Labute approximate surface area is 120 Å². The van der Waals surface area contributed by atoms with E-state index in [0.717, 1.165) is 18.9 Å². The maximum atomic E-state index is 11.0. The van der Waals surface area contributed by atoms with Crippen LogP contribution in [-0.2, 0) is 4.79 Å². The second kappa shape index (κ2) is 6.12. The van der Waals surface area contributed by atoms with Gasteiger partial charge in [-0.2, -0.15) is 0 Å². The summed E-state index contributed by atoms with van der Waals surface area (Å²) >= 11 is 12.1. The Kier molecular flexibility index (Phi) is 4.50. The van der Waals surface area contributed by atoms with E-state index in [1.165, 1.54) is 6.92 Å². The number of halogens is 2. The van der Waals surface area contributed by atoms with E-state index in [1.807, 2.05) is 0 Å². The van der Waals surface area contributed by atoms with Crippen LogP contribution in [0.4, 0.5) is 5.69 Å². The highest BCUT2D eigenvalue weighted by Gasteiger charge is 2.11. The first-order chi connectivity index (χ1) is 9.06. The van der Waals surface area contributed by atoms with Crippen LogP contribution in [0.1, 0.15) is 6.92 Å². The zero-order valence-electron chi connectivity index (χ0n) is 10.3. The fraction of sp³-hybridized carbons (Fsp3) is 0.333. The third-order valence-corrected chi connectivity index (χ3v) is 3.03. The standard InChI is InChI=1S/C12H13Cl2N3O2/c1-7(18)17-12-9(13)4-8(5-10(12)14)19-6-11-15-2-3-16-11/h4-5H,2-3,6H2,1H3,(H,15,16)(H,17,18). The molecular weight excluding hydrogens is 289 g/mol. The van der Waals surface area contributed by atoms with Gasteiger partial charge in [-0.15, -0.1) is 0 Å². The Balaban J connectivity index is 2.08. The highest BCUT2D eigenvalue weighted by atomic mass is 35.5. The molecule has 0 aromatic heterocycles. The van der Waals surface area contributed by atoms with Gasteiger partial charge in [0.15, 0.2) is 0 Å². The Morgan fingerprint density at radius 2 is 2.16 bits per heavy atom. The molecule has 1 amide bonds. The molecule has 0 unspecified atom stereocenters. The number of amidine groups is 1. The van der Waals surface area contributed by atoms with Crippen LogP contribution in [0.15, 0.2) is 17.1 Å². The van der Waals surface area contributed by atoms with Crippen LogP contribution in [0.5, 0.6) is 5.75 Å². The van der Waals surface area contributed by atoms with Crippen molar-refractivity contribution < 1.29 is 9.53 Å². The van der Waals surface area contributed by atoms with E-state index in [9.17, 15) is 4.79 Å². The first kappa shape index (κ1) is 14.0. The largest absolute Gasteiger partial charge is 0.486 e. The molecule has 0 radical (unpaired) electrons. The molecule has 102 valence electrons. The lowest BCUT2D eigenvalue weighted by Crippen LogP contribution is -2.24. The van der Waals surface area contributed by atoms with E-state index in [2.05, 4.69) is 15.6 Å². The summed E-state index contributed by atoms with van der Waals surface area (Å²) in [4.78, 5) is 15.2. The van der Waals surface area contributed by atoms with E-state index in [-0.39, 0.29) is 5.91 Å². The van der Waals surface area contributed by atoms with Gasteiger partial charge in [0, 0.05) is 25.6 Å². The molecule has 0 fully saturated rings. The van der Waals surface area contributed by atoms with Gasteiger partial charge in [-0.25, -0.2) is 0 Å². The molecule has 0 aliphatic carbocycles. The molecule has 0 saturated heterocycles. The number of hydrogen-bond donors (Lipinski definition) is 2. The van der Waals surface area contributed by atoms with Crippen molar-refractivity contribution in [1.29, 1.82) is 0 Å². The monoisotopic (exact) mass is 301 g/mol. The molecule has 1 aromatic rings. The number of nitrogens with zero attached hydrogens (tertiary/aromatic N) is 1. The predicted molar refractivity (Wildman–Crippen MR) is 76.6 cm³/mol. The van der Waals surface area contributed by atoms with Crippen molar-refractivity contribution in [3.63, 3.8) is 0 Å². The Morgan fingerprint density at radius 1 is 1.47 bits per heavy atom. The van der Waals surface area contributed by atoms with Crippen molar-refractivity contribution in [2.75, 3.05) is 25.0 Å². The molecular formula is C12H13Cl2N3O2. The summed E-state index contributed by atoms with van der Waals surface area (Å²) in [5, 5.41) is 6.33. The van der Waals surface area contributed by atoms with Crippen LogP contribution in [-0.4, -0.2) is 31.4 Å². The molecule has 0 spiro atoms. The highest BCUT2D eigenvalue weighted by Crippen LogP contribution is 2.34. The third kappa shape index (κ3) is 3.75. The minimum absolute atomic E-state index is 0.234. The number of rotatable bonds is 4. The lowest BCUT2D eigenvalue weighted by atomic mass is 10.3. The Bertz CT molecular complexity index is 509. The number of benzene rings is 1. The second-order valence-corrected chi connectivity index (χ2v) is 4.80. The van der Waals surface area contributed by atoms with Crippen molar-refractivity contribution in [2.45, 2.75) is 6.92 Å². The second-order valence-electron chi connectivity index (χ2n) is 3.99. The fourth-order valence-electron chi connectivity index (χ4n) is 1.62. The number of amides is 1. The van der Waals surface area contributed by atoms with Crippen LogP contribution < -0.4 is 15.4 Å². The molecule has 0 atom stereocenters. The summed E-state index contributed by atoms with van der Waals surface area (Å²) in [7, 11) is 0. The molecule has 1 aromatic carbocycles. The lowest BCUT2D eigenvalue weighted by molar-refractivity contribution is -0.114. The summed E-state index contributed by atoms with van der Waals surface area (Å²) < 4.78 is 5.54. The topological polar surface area (TPSA) is 62.7 Å². The maximum absolute atomic E-state index is 11.0. The van der Waals surface area contributed by atoms with Crippen molar-refractivity contribution >= 4 is 40.6 Å². The smallest absolute Gasteiger partial charge is 0.221 e. The number of anilines is 1. The number of ether oxygens (including phenoxy) is 1. The van der Waals surface area contributed by atoms with Gasteiger partial charge in [0.25, 0.3) is 0 Å². The van der Waals surface area contributed by atoms with Gasteiger partial charge < -0.3 is 15.4 Å². The lowest BCUT2D eigenvalue weighted by Gasteiger charge is -2.11. The number of hydrogen-bond acceptors (Lipinski definition) is 4. The zero-order valence-corrected chi connectivity index (χ0v) is 11.8. The van der Waals surface area contributed by atoms with Gasteiger partial charge in [-0.3, -0.25) is 9.79 Å². The zero-order chi connectivity index (χ0) is 13.8. The summed E-state index contributed by atoms with van der Waals surface area (Å²) in [5.74, 6) is 1.10. The van der Waals surface area contributed by atoms with Crippen LogP contribution in [0, 0.1) is 0 Å². The summed E-state index contributed by atoms with van der Waals surface area (Å²) in [5.41, 5.74) is 0.388. The van der Waals surface area contributed by atoms with E-state index in [1.54, 1.807) is 12.1 Å². The Hall–Kier alpha value is -1.46. The van der Waals surface area contributed by atoms with E-state index in [0.29, 0.717) is 28.1 Å². The fourth-order valence-corrected chi connectivity index (χ4v) is 2.19. The van der Waals surface area contributed by atoms with Crippen molar-refractivity contribution in [2.24, 2.45) is 4.99 Å². The molecule has 5 nitrogen and oxygen atoms in total. The molecule has 0 saturated carbocycles. The minimum atomic E-state index is -0.234. The van der Waals surface area contributed by atoms with Gasteiger partial charge in [-0.05, 0) is 0 Å². The number of carbonyl (C=O) groups is 1. The van der Waals surface area contributed by atoms with Gasteiger partial charge in [0.05, 0.1) is 22.3 Å². The average Bonchev–Trinajstić information content (AvgIpc) is 2.84. The minimum Gasteiger partial charge on any atom is -0.486 e.